The average molecular weight is 365 g/mol. The van der Waals surface area contributed by atoms with E-state index in [4.69, 9.17) is 33.7 Å². The van der Waals surface area contributed by atoms with Crippen molar-refractivity contribution in [3.63, 3.8) is 0 Å². The van der Waals surface area contributed by atoms with Crippen LogP contribution in [0.3, 0.4) is 0 Å². The Morgan fingerprint density at radius 3 is 2.29 bits per heavy atom. The van der Waals surface area contributed by atoms with E-state index in [1.165, 1.54) is 25.3 Å². The van der Waals surface area contributed by atoms with Gasteiger partial charge >= 0.3 is 5.97 Å². The van der Waals surface area contributed by atoms with E-state index in [-0.39, 0.29) is 10.7 Å². The van der Waals surface area contributed by atoms with E-state index >= 15 is 0 Å². The number of rotatable bonds is 4. The highest BCUT2D eigenvalue weighted by Crippen LogP contribution is 2.24. The summed E-state index contributed by atoms with van der Waals surface area (Å²) in [5, 5.41) is 14.5. The molecule has 1 amide bonds. The molecule has 3 N–H and O–H groups in total. The normalized spacial score (nSPS) is 9.92. The predicted molar refractivity (Wildman–Crippen MR) is 95.1 cm³/mol. The standard InChI is InChI=1S/C16H13ClN2O4S/c1-23-13-7-4-10(8-12(13)17)14(20)19-16(24)18-11-5-2-9(3-6-11)15(21)22/h2-8H,1H3,(H,21,22)(H2,18,19,20,24). The molecule has 2 rings (SSSR count). The summed E-state index contributed by atoms with van der Waals surface area (Å²) in [5.74, 6) is -0.986. The van der Waals surface area contributed by atoms with Crippen LogP contribution in [0.5, 0.6) is 5.75 Å². The number of anilines is 1. The van der Waals surface area contributed by atoms with Crippen LogP contribution in [0.2, 0.25) is 5.02 Å². The Morgan fingerprint density at radius 1 is 1.12 bits per heavy atom. The van der Waals surface area contributed by atoms with Crippen molar-refractivity contribution < 1.29 is 19.4 Å². The van der Waals surface area contributed by atoms with Crippen molar-refractivity contribution in [1.82, 2.24) is 5.32 Å². The Hall–Kier alpha value is -2.64. The van der Waals surface area contributed by atoms with Crippen LogP contribution in [0.4, 0.5) is 5.69 Å². The Morgan fingerprint density at radius 2 is 1.75 bits per heavy atom. The number of methoxy groups -OCH3 is 1. The summed E-state index contributed by atoms with van der Waals surface area (Å²) in [6.07, 6.45) is 0. The largest absolute Gasteiger partial charge is 0.495 e. The Bertz CT molecular complexity index is 793. The van der Waals surface area contributed by atoms with Gasteiger partial charge in [-0.15, -0.1) is 0 Å². The molecule has 0 unspecified atom stereocenters. The lowest BCUT2D eigenvalue weighted by molar-refractivity contribution is 0.0696. The third-order valence-corrected chi connectivity index (χ3v) is 3.53. The first-order valence-electron chi connectivity index (χ1n) is 6.70. The SMILES string of the molecule is COc1ccc(C(=O)NC(=S)Nc2ccc(C(=O)O)cc2)cc1Cl. The van der Waals surface area contributed by atoms with Crippen molar-refractivity contribution in [3.8, 4) is 5.75 Å². The molecule has 0 aliphatic carbocycles. The summed E-state index contributed by atoms with van der Waals surface area (Å²) in [6, 6.07) is 10.6. The molecule has 0 saturated carbocycles. The first-order valence-corrected chi connectivity index (χ1v) is 7.48. The van der Waals surface area contributed by atoms with Gasteiger partial charge < -0.3 is 15.2 Å². The van der Waals surface area contributed by atoms with Crippen LogP contribution in [0, 0.1) is 0 Å². The van der Waals surface area contributed by atoms with Gasteiger partial charge in [0.2, 0.25) is 0 Å². The molecule has 8 heteroatoms. The van der Waals surface area contributed by atoms with Crippen LogP contribution in [0.1, 0.15) is 20.7 Å². The second kappa shape index (κ2) is 7.76. The number of hydrogen-bond donors (Lipinski definition) is 3. The van der Waals surface area contributed by atoms with Gasteiger partial charge in [-0.3, -0.25) is 10.1 Å². The van der Waals surface area contributed by atoms with Gasteiger partial charge in [-0.1, -0.05) is 11.6 Å². The minimum Gasteiger partial charge on any atom is -0.495 e. The first-order chi connectivity index (χ1) is 11.4. The monoisotopic (exact) mass is 364 g/mol. The van der Waals surface area contributed by atoms with Crippen LogP contribution >= 0.6 is 23.8 Å². The number of hydrogen-bond acceptors (Lipinski definition) is 4. The summed E-state index contributed by atoms with van der Waals surface area (Å²) in [6.45, 7) is 0. The Balaban J connectivity index is 2.00. The van der Waals surface area contributed by atoms with Gasteiger partial charge in [-0.05, 0) is 54.7 Å². The average Bonchev–Trinajstić information content (AvgIpc) is 2.55. The van der Waals surface area contributed by atoms with E-state index in [2.05, 4.69) is 10.6 Å². The highest BCUT2D eigenvalue weighted by molar-refractivity contribution is 7.80. The number of aromatic carboxylic acids is 1. The van der Waals surface area contributed by atoms with Crippen molar-refractivity contribution in [2.24, 2.45) is 0 Å². The molecule has 0 fully saturated rings. The van der Waals surface area contributed by atoms with Crippen molar-refractivity contribution in [2.45, 2.75) is 0 Å². The third kappa shape index (κ3) is 4.43. The molecule has 124 valence electrons. The maximum atomic E-state index is 12.1. The summed E-state index contributed by atoms with van der Waals surface area (Å²) in [5.41, 5.74) is 1.03. The number of thiocarbonyl (C=S) groups is 1. The van der Waals surface area contributed by atoms with Crippen LogP contribution in [-0.4, -0.2) is 29.2 Å². The molecule has 0 radical (unpaired) electrons. The molecule has 0 atom stereocenters. The van der Waals surface area contributed by atoms with Crippen molar-refractivity contribution in [2.75, 3.05) is 12.4 Å². The molecule has 0 heterocycles. The fraction of sp³-hybridized carbons (Fsp3) is 0.0625. The quantitative estimate of drug-likeness (QED) is 0.722. The molecule has 0 aliphatic heterocycles. The van der Waals surface area contributed by atoms with Crippen molar-refractivity contribution >= 4 is 46.5 Å². The topological polar surface area (TPSA) is 87.7 Å². The van der Waals surface area contributed by atoms with Crippen LogP contribution in [0.25, 0.3) is 0 Å². The number of carboxylic acid groups (broad SMARTS) is 1. The maximum Gasteiger partial charge on any atom is 0.335 e. The summed E-state index contributed by atoms with van der Waals surface area (Å²) in [7, 11) is 1.48. The maximum absolute atomic E-state index is 12.1. The number of carbonyl (C=O) groups excluding carboxylic acids is 1. The van der Waals surface area contributed by atoms with Gasteiger partial charge in [0.25, 0.3) is 5.91 Å². The molecular weight excluding hydrogens is 352 g/mol. The molecule has 0 aromatic heterocycles. The Labute approximate surface area is 148 Å². The number of carboxylic acids is 1. The van der Waals surface area contributed by atoms with Gasteiger partial charge in [-0.25, -0.2) is 4.79 Å². The fourth-order valence-corrected chi connectivity index (χ4v) is 2.31. The molecule has 6 nitrogen and oxygen atoms in total. The molecule has 24 heavy (non-hydrogen) atoms. The molecule has 2 aromatic rings. The number of benzene rings is 2. The van der Waals surface area contributed by atoms with Crippen LogP contribution in [0.15, 0.2) is 42.5 Å². The number of nitrogens with one attached hydrogen (secondary N) is 2. The Kier molecular flexibility index (Phi) is 5.73. The zero-order valence-corrected chi connectivity index (χ0v) is 14.1. The number of halogens is 1. The minimum atomic E-state index is -1.02. The molecule has 2 aromatic carbocycles. The van der Waals surface area contributed by atoms with Crippen molar-refractivity contribution in [1.29, 1.82) is 0 Å². The van der Waals surface area contributed by atoms with Crippen molar-refractivity contribution in [3.05, 3.63) is 58.6 Å². The highest BCUT2D eigenvalue weighted by Gasteiger charge is 2.11. The molecule has 0 aliphatic rings. The van der Waals surface area contributed by atoms with E-state index in [1.807, 2.05) is 0 Å². The number of amides is 1. The fourth-order valence-electron chi connectivity index (χ4n) is 1.84. The van der Waals surface area contributed by atoms with E-state index in [0.29, 0.717) is 22.0 Å². The summed E-state index contributed by atoms with van der Waals surface area (Å²) in [4.78, 5) is 22.9. The van der Waals surface area contributed by atoms with Gasteiger partial charge in [0.15, 0.2) is 5.11 Å². The smallest absolute Gasteiger partial charge is 0.335 e. The third-order valence-electron chi connectivity index (χ3n) is 3.03. The number of ether oxygens (including phenoxy) is 1. The van der Waals surface area contributed by atoms with Crippen LogP contribution in [-0.2, 0) is 0 Å². The lowest BCUT2D eigenvalue weighted by atomic mass is 10.2. The van der Waals surface area contributed by atoms with Gasteiger partial charge in [0.05, 0.1) is 17.7 Å². The van der Waals surface area contributed by atoms with Gasteiger partial charge in [0, 0.05) is 11.3 Å². The molecule has 0 spiro atoms. The second-order valence-electron chi connectivity index (χ2n) is 4.64. The van der Waals surface area contributed by atoms with E-state index < -0.39 is 11.9 Å². The van der Waals surface area contributed by atoms with E-state index in [9.17, 15) is 9.59 Å². The first kappa shape index (κ1) is 17.7. The zero-order valence-electron chi connectivity index (χ0n) is 12.5. The highest BCUT2D eigenvalue weighted by atomic mass is 35.5. The predicted octanol–water partition coefficient (Wildman–Crippen LogP) is 3.17. The second-order valence-corrected chi connectivity index (χ2v) is 5.46. The van der Waals surface area contributed by atoms with E-state index in [0.717, 1.165) is 0 Å². The lowest BCUT2D eigenvalue weighted by Gasteiger charge is -2.10. The summed E-state index contributed by atoms with van der Waals surface area (Å²) < 4.78 is 5.02. The molecular formula is C16H13ClN2O4S. The number of carbonyl (C=O) groups is 2. The zero-order chi connectivity index (χ0) is 17.7. The summed E-state index contributed by atoms with van der Waals surface area (Å²) >= 11 is 11.0. The minimum absolute atomic E-state index is 0.0787. The molecule has 0 saturated heterocycles. The molecule has 0 bridgehead atoms. The lowest BCUT2D eigenvalue weighted by Crippen LogP contribution is -2.34. The van der Waals surface area contributed by atoms with E-state index in [1.54, 1.807) is 24.3 Å². The van der Waals surface area contributed by atoms with Gasteiger partial charge in [-0.2, -0.15) is 0 Å². The van der Waals surface area contributed by atoms with Gasteiger partial charge in [0.1, 0.15) is 5.75 Å². The van der Waals surface area contributed by atoms with Crippen LogP contribution < -0.4 is 15.4 Å².